The minimum atomic E-state index is -0.443. The van der Waals surface area contributed by atoms with Gasteiger partial charge in [0.05, 0.1) is 18.8 Å². The molecule has 0 saturated carbocycles. The first-order valence-electron chi connectivity index (χ1n) is 8.86. The molecule has 2 aliphatic rings. The molecule has 2 fully saturated rings. The Bertz CT molecular complexity index is 817. The maximum atomic E-state index is 13.1. The van der Waals surface area contributed by atoms with Crippen LogP contribution in [0.15, 0.2) is 47.1 Å². The number of hydrogen-bond donors (Lipinski definition) is 0. The molecule has 6 nitrogen and oxygen atoms in total. The summed E-state index contributed by atoms with van der Waals surface area (Å²) in [5.41, 5.74) is 0.609. The first-order valence-corrected chi connectivity index (χ1v) is 8.86. The van der Waals surface area contributed by atoms with Crippen molar-refractivity contribution >= 4 is 11.8 Å². The Morgan fingerprint density at radius 3 is 2.85 bits per heavy atom. The van der Waals surface area contributed by atoms with E-state index < -0.39 is 5.41 Å². The van der Waals surface area contributed by atoms with Gasteiger partial charge in [-0.25, -0.2) is 0 Å². The summed E-state index contributed by atoms with van der Waals surface area (Å²) in [6, 6.07) is 11.2. The number of carbonyl (C=O) groups excluding carboxylic acids is 2. The predicted molar refractivity (Wildman–Crippen MR) is 94.7 cm³/mol. The average molecular weight is 354 g/mol. The number of likely N-dealkylation sites (tertiary alicyclic amines) is 2. The fraction of sp³-hybridized carbons (Fsp3) is 0.400. The van der Waals surface area contributed by atoms with Crippen LogP contribution in [0.1, 0.15) is 29.0 Å². The lowest BCUT2D eigenvalue weighted by Crippen LogP contribution is -2.38. The van der Waals surface area contributed by atoms with Gasteiger partial charge in [-0.1, -0.05) is 12.1 Å². The third-order valence-electron chi connectivity index (χ3n) is 5.48. The molecule has 1 atom stereocenters. The van der Waals surface area contributed by atoms with Crippen molar-refractivity contribution in [2.24, 2.45) is 5.41 Å². The zero-order valence-corrected chi connectivity index (χ0v) is 14.8. The van der Waals surface area contributed by atoms with E-state index >= 15 is 0 Å². The second-order valence-electron chi connectivity index (χ2n) is 7.06. The Balaban J connectivity index is 1.44. The van der Waals surface area contributed by atoms with Crippen LogP contribution in [0.3, 0.4) is 0 Å². The van der Waals surface area contributed by atoms with Crippen molar-refractivity contribution in [2.75, 3.05) is 26.7 Å². The summed E-state index contributed by atoms with van der Waals surface area (Å²) in [5.74, 6) is 1.14. The molecular formula is C20H22N2O4. The smallest absolute Gasteiger partial charge is 0.289 e. The van der Waals surface area contributed by atoms with Gasteiger partial charge < -0.3 is 19.0 Å². The Labute approximate surface area is 152 Å². The van der Waals surface area contributed by atoms with Crippen molar-refractivity contribution in [2.45, 2.75) is 19.4 Å². The van der Waals surface area contributed by atoms with Gasteiger partial charge in [-0.05, 0) is 42.7 Å². The van der Waals surface area contributed by atoms with Gasteiger partial charge in [0.25, 0.3) is 5.91 Å². The zero-order chi connectivity index (χ0) is 18.1. The van der Waals surface area contributed by atoms with Crippen molar-refractivity contribution in [3.8, 4) is 5.75 Å². The largest absolute Gasteiger partial charge is 0.497 e. The number of rotatable bonds is 4. The molecule has 1 unspecified atom stereocenters. The second-order valence-corrected chi connectivity index (χ2v) is 7.06. The number of amides is 2. The van der Waals surface area contributed by atoms with Crippen molar-refractivity contribution in [3.63, 3.8) is 0 Å². The molecule has 1 aromatic carbocycles. The van der Waals surface area contributed by atoms with E-state index in [1.54, 1.807) is 24.1 Å². The zero-order valence-electron chi connectivity index (χ0n) is 14.8. The SMILES string of the molecule is COc1cccc(CN2CCC3(CCN(C(=O)c4ccco4)C3)C2=O)c1. The van der Waals surface area contributed by atoms with Crippen molar-refractivity contribution in [3.05, 3.63) is 54.0 Å². The van der Waals surface area contributed by atoms with Gasteiger partial charge in [-0.15, -0.1) is 0 Å². The van der Waals surface area contributed by atoms with E-state index in [9.17, 15) is 9.59 Å². The summed E-state index contributed by atoms with van der Waals surface area (Å²) >= 11 is 0. The summed E-state index contributed by atoms with van der Waals surface area (Å²) in [5, 5.41) is 0. The van der Waals surface area contributed by atoms with Crippen LogP contribution in [0, 0.1) is 5.41 Å². The maximum Gasteiger partial charge on any atom is 0.289 e. The number of furan rings is 1. The highest BCUT2D eigenvalue weighted by molar-refractivity contribution is 5.93. The lowest BCUT2D eigenvalue weighted by molar-refractivity contribution is -0.135. The molecule has 3 heterocycles. The summed E-state index contributed by atoms with van der Waals surface area (Å²) in [6.45, 7) is 2.36. The lowest BCUT2D eigenvalue weighted by atomic mass is 9.85. The topological polar surface area (TPSA) is 63.0 Å². The van der Waals surface area contributed by atoms with Gasteiger partial charge in [0.1, 0.15) is 5.75 Å². The van der Waals surface area contributed by atoms with Gasteiger partial charge in [0.2, 0.25) is 5.91 Å². The first kappa shape index (κ1) is 16.7. The van der Waals surface area contributed by atoms with Crippen molar-refractivity contribution < 1.29 is 18.7 Å². The molecule has 4 rings (SSSR count). The fourth-order valence-electron chi connectivity index (χ4n) is 4.02. The predicted octanol–water partition coefficient (Wildman–Crippen LogP) is 2.55. The number of methoxy groups -OCH3 is 1. The van der Waals surface area contributed by atoms with Gasteiger partial charge in [0, 0.05) is 26.2 Å². The Hall–Kier alpha value is -2.76. The number of hydrogen-bond acceptors (Lipinski definition) is 4. The Kier molecular flexibility index (Phi) is 4.18. The molecule has 0 aliphatic carbocycles. The molecular weight excluding hydrogens is 332 g/mol. The van der Waals surface area contributed by atoms with E-state index in [2.05, 4.69) is 0 Å². The molecule has 2 amide bonds. The minimum absolute atomic E-state index is 0.133. The van der Waals surface area contributed by atoms with Crippen LogP contribution in [0.5, 0.6) is 5.75 Å². The number of benzene rings is 1. The Morgan fingerprint density at radius 2 is 2.08 bits per heavy atom. The summed E-state index contributed by atoms with van der Waals surface area (Å²) < 4.78 is 10.5. The van der Waals surface area contributed by atoms with Gasteiger partial charge in [-0.2, -0.15) is 0 Å². The van der Waals surface area contributed by atoms with Crippen LogP contribution in [-0.4, -0.2) is 48.4 Å². The fourth-order valence-corrected chi connectivity index (χ4v) is 4.02. The van der Waals surface area contributed by atoms with Crippen LogP contribution >= 0.6 is 0 Å². The summed E-state index contributed by atoms with van der Waals surface area (Å²) in [7, 11) is 1.64. The quantitative estimate of drug-likeness (QED) is 0.846. The molecule has 2 saturated heterocycles. The van der Waals surface area contributed by atoms with E-state index in [0.717, 1.165) is 24.3 Å². The van der Waals surface area contributed by atoms with Gasteiger partial charge in [0.15, 0.2) is 5.76 Å². The van der Waals surface area contributed by atoms with E-state index in [0.29, 0.717) is 31.8 Å². The summed E-state index contributed by atoms with van der Waals surface area (Å²) in [6.07, 6.45) is 3.00. The lowest BCUT2D eigenvalue weighted by Gasteiger charge is -2.23. The molecule has 136 valence electrons. The third kappa shape index (κ3) is 2.85. The number of ether oxygens (including phenoxy) is 1. The van der Waals surface area contributed by atoms with Crippen LogP contribution in [-0.2, 0) is 11.3 Å². The first-order chi connectivity index (χ1) is 12.6. The highest BCUT2D eigenvalue weighted by Gasteiger charge is 2.51. The normalized spacial score (nSPS) is 22.4. The molecule has 6 heteroatoms. The second kappa shape index (κ2) is 6.52. The number of nitrogens with zero attached hydrogens (tertiary/aromatic N) is 2. The number of carbonyl (C=O) groups is 2. The van der Waals surface area contributed by atoms with Gasteiger partial charge >= 0.3 is 0 Å². The minimum Gasteiger partial charge on any atom is -0.497 e. The van der Waals surface area contributed by atoms with E-state index in [-0.39, 0.29) is 11.8 Å². The van der Waals surface area contributed by atoms with E-state index in [1.807, 2.05) is 29.2 Å². The molecule has 2 aromatic rings. The average Bonchev–Trinajstić information content (AvgIpc) is 3.40. The molecule has 1 aromatic heterocycles. The molecule has 0 radical (unpaired) electrons. The highest BCUT2D eigenvalue weighted by Crippen LogP contribution is 2.41. The van der Waals surface area contributed by atoms with Crippen molar-refractivity contribution in [1.82, 2.24) is 9.80 Å². The monoisotopic (exact) mass is 354 g/mol. The molecule has 1 spiro atoms. The molecule has 26 heavy (non-hydrogen) atoms. The standard InChI is InChI=1S/C20H22N2O4/c1-25-16-5-2-4-15(12-16)13-21-9-7-20(19(21)24)8-10-22(14-20)18(23)17-6-3-11-26-17/h2-6,11-12H,7-10,13-14H2,1H3. The van der Waals surface area contributed by atoms with Crippen LogP contribution in [0.4, 0.5) is 0 Å². The molecule has 0 bridgehead atoms. The van der Waals surface area contributed by atoms with E-state index in [1.165, 1.54) is 6.26 Å². The molecule has 0 N–H and O–H groups in total. The molecule has 2 aliphatic heterocycles. The maximum absolute atomic E-state index is 13.1. The Morgan fingerprint density at radius 1 is 1.23 bits per heavy atom. The van der Waals surface area contributed by atoms with Crippen LogP contribution in [0.25, 0.3) is 0 Å². The van der Waals surface area contributed by atoms with E-state index in [4.69, 9.17) is 9.15 Å². The van der Waals surface area contributed by atoms with Crippen LogP contribution in [0.2, 0.25) is 0 Å². The highest BCUT2D eigenvalue weighted by atomic mass is 16.5. The summed E-state index contributed by atoms with van der Waals surface area (Å²) in [4.78, 5) is 29.2. The third-order valence-corrected chi connectivity index (χ3v) is 5.48. The van der Waals surface area contributed by atoms with Gasteiger partial charge in [-0.3, -0.25) is 9.59 Å². The van der Waals surface area contributed by atoms with Crippen LogP contribution < -0.4 is 4.74 Å². The van der Waals surface area contributed by atoms with Crippen molar-refractivity contribution in [1.29, 1.82) is 0 Å².